The van der Waals surface area contributed by atoms with Crippen LogP contribution in [0, 0.1) is 0 Å². The number of rotatable bonds is 4. The van der Waals surface area contributed by atoms with Crippen molar-refractivity contribution in [1.82, 2.24) is 9.80 Å². The van der Waals surface area contributed by atoms with Crippen LogP contribution in [0.1, 0.15) is 42.9 Å². The van der Waals surface area contributed by atoms with E-state index in [9.17, 15) is 0 Å². The normalized spacial score (nSPS) is 28.2. The minimum atomic E-state index is 0.112. The van der Waals surface area contributed by atoms with Crippen molar-refractivity contribution < 1.29 is 4.74 Å². The molecule has 0 N–H and O–H groups in total. The lowest BCUT2D eigenvalue weighted by molar-refractivity contribution is -0.0182. The first-order chi connectivity index (χ1) is 14.2. The number of fused-ring (bicyclic) bond motifs is 2. The van der Waals surface area contributed by atoms with Gasteiger partial charge in [-0.2, -0.15) is 0 Å². The van der Waals surface area contributed by atoms with Crippen LogP contribution in [0.5, 0.6) is 0 Å². The van der Waals surface area contributed by atoms with Crippen molar-refractivity contribution in [1.29, 1.82) is 0 Å². The number of ether oxygens (including phenoxy) is 1. The fourth-order valence-corrected chi connectivity index (χ4v) is 6.21. The summed E-state index contributed by atoms with van der Waals surface area (Å²) < 4.78 is 5.58. The molecule has 3 nitrogen and oxygen atoms in total. The molecule has 0 amide bonds. The van der Waals surface area contributed by atoms with Crippen molar-refractivity contribution in [3.63, 3.8) is 0 Å². The van der Waals surface area contributed by atoms with E-state index in [1.54, 1.807) is 0 Å². The highest BCUT2D eigenvalue weighted by atomic mass is 35.5. The highest BCUT2D eigenvalue weighted by Crippen LogP contribution is 2.47. The summed E-state index contributed by atoms with van der Waals surface area (Å²) in [7, 11) is 0. The van der Waals surface area contributed by atoms with Gasteiger partial charge in [-0.25, -0.2) is 0 Å². The molecule has 3 aliphatic heterocycles. The van der Waals surface area contributed by atoms with Crippen LogP contribution in [0.3, 0.4) is 0 Å². The van der Waals surface area contributed by atoms with E-state index in [2.05, 4.69) is 34.1 Å². The summed E-state index contributed by atoms with van der Waals surface area (Å²) in [6.07, 6.45) is 4.97. The summed E-state index contributed by atoms with van der Waals surface area (Å²) in [6, 6.07) is 18.5. The molecule has 0 aromatic heterocycles. The van der Waals surface area contributed by atoms with E-state index in [1.165, 1.54) is 36.8 Å². The smallest absolute Gasteiger partial charge is 0.0636 e. The van der Waals surface area contributed by atoms with Crippen LogP contribution in [-0.2, 0) is 4.74 Å². The molecule has 0 aliphatic carbocycles. The number of hydrogen-bond acceptors (Lipinski definition) is 3. The molecule has 2 bridgehead atoms. The Bertz CT molecular complexity index is 795. The van der Waals surface area contributed by atoms with E-state index in [4.69, 9.17) is 27.9 Å². The molecule has 5 heteroatoms. The lowest BCUT2D eigenvalue weighted by Crippen LogP contribution is -2.53. The maximum atomic E-state index is 6.71. The second-order valence-corrected chi connectivity index (χ2v) is 9.37. The number of piperidine rings is 1. The molecule has 2 aromatic rings. The van der Waals surface area contributed by atoms with Crippen LogP contribution in [-0.4, -0.2) is 54.2 Å². The van der Waals surface area contributed by atoms with E-state index in [0.29, 0.717) is 18.1 Å². The van der Waals surface area contributed by atoms with Gasteiger partial charge in [0.1, 0.15) is 0 Å². The molecule has 0 spiro atoms. The van der Waals surface area contributed by atoms with E-state index < -0.39 is 0 Å². The van der Waals surface area contributed by atoms with Crippen molar-refractivity contribution in [2.75, 3.05) is 26.3 Å². The maximum absolute atomic E-state index is 6.71. The first-order valence-corrected chi connectivity index (χ1v) is 11.6. The third-order valence-electron chi connectivity index (χ3n) is 7.02. The average Bonchev–Trinajstić information content (AvgIpc) is 3.00. The third-order valence-corrected chi connectivity index (χ3v) is 7.71. The van der Waals surface area contributed by atoms with Crippen LogP contribution in [0.4, 0.5) is 0 Å². The molecule has 29 heavy (non-hydrogen) atoms. The van der Waals surface area contributed by atoms with E-state index in [1.807, 2.05) is 24.3 Å². The summed E-state index contributed by atoms with van der Waals surface area (Å²) >= 11 is 13.4. The maximum Gasteiger partial charge on any atom is 0.0636 e. The standard InChI is InChI=1S/C24H28Cl2N2O/c25-22-7-3-1-5-20(22)24(21-6-2-4-8-23(21)26)28-17-9-10-18(28)16-19(15-17)27-11-13-29-14-12-27/h1-8,17-19,24H,9-16H2. The zero-order valence-electron chi connectivity index (χ0n) is 16.6. The Morgan fingerprint density at radius 3 is 1.79 bits per heavy atom. The lowest BCUT2D eigenvalue weighted by Gasteiger charge is -2.47. The van der Waals surface area contributed by atoms with Gasteiger partial charge in [0.25, 0.3) is 0 Å². The Morgan fingerprint density at radius 1 is 0.759 bits per heavy atom. The molecule has 5 rings (SSSR count). The van der Waals surface area contributed by atoms with Gasteiger partial charge in [0.2, 0.25) is 0 Å². The van der Waals surface area contributed by atoms with E-state index in [-0.39, 0.29) is 6.04 Å². The fourth-order valence-electron chi connectivity index (χ4n) is 5.73. The van der Waals surface area contributed by atoms with Gasteiger partial charge in [0.05, 0.1) is 19.3 Å². The van der Waals surface area contributed by atoms with Crippen LogP contribution >= 0.6 is 23.2 Å². The van der Waals surface area contributed by atoms with Crippen LogP contribution in [0.2, 0.25) is 10.0 Å². The minimum absolute atomic E-state index is 0.112. The van der Waals surface area contributed by atoms with Crippen LogP contribution in [0.15, 0.2) is 48.5 Å². The van der Waals surface area contributed by atoms with E-state index >= 15 is 0 Å². The Balaban J connectivity index is 1.49. The predicted octanol–water partition coefficient (Wildman–Crippen LogP) is 5.41. The monoisotopic (exact) mass is 430 g/mol. The first kappa shape index (κ1) is 19.8. The van der Waals surface area contributed by atoms with Gasteiger partial charge in [-0.15, -0.1) is 0 Å². The van der Waals surface area contributed by atoms with Gasteiger partial charge in [-0.3, -0.25) is 9.80 Å². The molecule has 0 radical (unpaired) electrons. The van der Waals surface area contributed by atoms with Crippen molar-refractivity contribution >= 4 is 23.2 Å². The molecule has 2 unspecified atom stereocenters. The van der Waals surface area contributed by atoms with Gasteiger partial charge >= 0.3 is 0 Å². The first-order valence-electron chi connectivity index (χ1n) is 10.8. The van der Waals surface area contributed by atoms with Crippen molar-refractivity contribution in [2.24, 2.45) is 0 Å². The van der Waals surface area contributed by atoms with Gasteiger partial charge < -0.3 is 4.74 Å². The van der Waals surface area contributed by atoms with Crippen molar-refractivity contribution in [3.05, 3.63) is 69.7 Å². The second kappa shape index (κ2) is 8.56. The van der Waals surface area contributed by atoms with Crippen LogP contribution < -0.4 is 0 Å². The second-order valence-electron chi connectivity index (χ2n) is 8.55. The van der Waals surface area contributed by atoms with Gasteiger partial charge in [-0.1, -0.05) is 59.6 Å². The predicted molar refractivity (Wildman–Crippen MR) is 119 cm³/mol. The average molecular weight is 431 g/mol. The lowest BCUT2D eigenvalue weighted by atomic mass is 9.89. The van der Waals surface area contributed by atoms with Crippen molar-refractivity contribution in [2.45, 2.75) is 49.9 Å². The molecule has 2 aromatic carbocycles. The highest BCUT2D eigenvalue weighted by Gasteiger charge is 2.46. The SMILES string of the molecule is Clc1ccccc1C(c1ccccc1Cl)N1C2CCC1CC(N1CCOCC1)C2. The quantitative estimate of drug-likeness (QED) is 0.644. The molecule has 2 atom stereocenters. The summed E-state index contributed by atoms with van der Waals surface area (Å²) in [5.41, 5.74) is 2.34. The number of morpholine rings is 1. The largest absolute Gasteiger partial charge is 0.379 e. The minimum Gasteiger partial charge on any atom is -0.379 e. The van der Waals surface area contributed by atoms with Gasteiger partial charge in [-0.05, 0) is 48.9 Å². The number of hydrogen-bond donors (Lipinski definition) is 0. The van der Waals surface area contributed by atoms with Gasteiger partial charge in [0.15, 0.2) is 0 Å². The third kappa shape index (κ3) is 3.84. The summed E-state index contributed by atoms with van der Waals surface area (Å²) in [5.74, 6) is 0. The van der Waals surface area contributed by atoms with Crippen molar-refractivity contribution in [3.8, 4) is 0 Å². The number of halogens is 2. The Morgan fingerprint density at radius 2 is 1.28 bits per heavy atom. The molecular formula is C24H28Cl2N2O. The highest BCUT2D eigenvalue weighted by molar-refractivity contribution is 6.32. The summed E-state index contributed by atoms with van der Waals surface area (Å²) in [4.78, 5) is 5.39. The zero-order valence-corrected chi connectivity index (χ0v) is 18.2. The number of nitrogens with zero attached hydrogens (tertiary/aromatic N) is 2. The zero-order chi connectivity index (χ0) is 19.8. The van der Waals surface area contributed by atoms with Crippen LogP contribution in [0.25, 0.3) is 0 Å². The number of benzene rings is 2. The van der Waals surface area contributed by atoms with Gasteiger partial charge in [0, 0.05) is 41.3 Å². The molecule has 154 valence electrons. The molecule has 3 fully saturated rings. The Labute approximate surface area is 183 Å². The molecule has 0 saturated carbocycles. The topological polar surface area (TPSA) is 15.7 Å². The van der Waals surface area contributed by atoms with E-state index in [0.717, 1.165) is 36.3 Å². The molecule has 3 saturated heterocycles. The Kier molecular flexibility index (Phi) is 5.86. The molecule has 3 aliphatic rings. The molecular weight excluding hydrogens is 403 g/mol. The Hall–Kier alpha value is -1.10. The molecule has 3 heterocycles. The fraction of sp³-hybridized carbons (Fsp3) is 0.500. The summed E-state index contributed by atoms with van der Waals surface area (Å²) in [6.45, 7) is 3.89. The summed E-state index contributed by atoms with van der Waals surface area (Å²) in [5, 5.41) is 1.65.